The second kappa shape index (κ2) is 8.15. The summed E-state index contributed by atoms with van der Waals surface area (Å²) in [5, 5.41) is 42.3. The third-order valence-electron chi connectivity index (χ3n) is 4.57. The number of amides is 1. The highest BCUT2D eigenvalue weighted by Crippen LogP contribution is 2.28. The number of aliphatic hydroxyl groups is 3. The average molecular weight is 394 g/mol. The zero-order chi connectivity index (χ0) is 20.4. The molecule has 1 aliphatic rings. The Morgan fingerprint density at radius 1 is 1.21 bits per heavy atom. The molecule has 28 heavy (non-hydrogen) atoms. The minimum atomic E-state index is -1.78. The predicted octanol–water partition coefficient (Wildman–Crippen LogP) is -0.882. The highest BCUT2D eigenvalue weighted by Gasteiger charge is 2.48. The first-order valence-corrected chi connectivity index (χ1v) is 8.71. The Morgan fingerprint density at radius 2 is 1.96 bits per heavy atom. The van der Waals surface area contributed by atoms with Gasteiger partial charge >= 0.3 is 5.97 Å². The van der Waals surface area contributed by atoms with Gasteiger partial charge in [-0.2, -0.15) is 0 Å². The predicted molar refractivity (Wildman–Crippen MR) is 95.6 cm³/mol. The van der Waals surface area contributed by atoms with Crippen molar-refractivity contribution in [1.29, 1.82) is 0 Å². The van der Waals surface area contributed by atoms with E-state index in [2.05, 4.69) is 10.3 Å². The zero-order valence-electron chi connectivity index (χ0n) is 15.0. The van der Waals surface area contributed by atoms with Gasteiger partial charge in [0.25, 0.3) is 0 Å². The van der Waals surface area contributed by atoms with Crippen molar-refractivity contribution < 1.29 is 39.5 Å². The summed E-state index contributed by atoms with van der Waals surface area (Å²) in [6.07, 6.45) is -5.96. The number of benzene rings is 1. The number of aromatic amines is 1. The number of rotatable bonds is 6. The molecule has 1 aromatic carbocycles. The number of aliphatic carboxylic acids is 1. The Kier molecular flexibility index (Phi) is 5.84. The Morgan fingerprint density at radius 3 is 2.64 bits per heavy atom. The summed E-state index contributed by atoms with van der Waals surface area (Å²) in [4.78, 5) is 25.3. The molecule has 1 saturated heterocycles. The van der Waals surface area contributed by atoms with Crippen molar-refractivity contribution in [1.82, 2.24) is 10.3 Å². The largest absolute Gasteiger partial charge is 0.479 e. The lowest BCUT2D eigenvalue weighted by Crippen LogP contribution is -2.61. The van der Waals surface area contributed by atoms with E-state index in [-0.39, 0.29) is 11.7 Å². The minimum Gasteiger partial charge on any atom is -0.479 e. The molecule has 0 radical (unpaired) electrons. The van der Waals surface area contributed by atoms with Gasteiger partial charge in [-0.25, -0.2) is 4.79 Å². The van der Waals surface area contributed by atoms with Crippen LogP contribution in [0.4, 0.5) is 0 Å². The summed E-state index contributed by atoms with van der Waals surface area (Å²) < 4.78 is 10.7. The van der Waals surface area contributed by atoms with E-state index in [1.165, 1.54) is 6.92 Å². The van der Waals surface area contributed by atoms with E-state index < -0.39 is 36.7 Å². The fraction of sp³-hybridized carbons (Fsp3) is 0.444. The normalized spacial score (nSPS) is 27.5. The summed E-state index contributed by atoms with van der Waals surface area (Å²) in [6.45, 7) is 1.90. The SMILES string of the molecule is CC(=O)NCCc1c[nH]c2ccc(OC3OC(C(=O)O)C(O)C(O)C3O)cc12. The molecule has 1 amide bonds. The van der Waals surface area contributed by atoms with Crippen LogP contribution in [0.1, 0.15) is 12.5 Å². The van der Waals surface area contributed by atoms with Gasteiger partial charge in [-0.05, 0) is 30.2 Å². The van der Waals surface area contributed by atoms with Gasteiger partial charge in [0.2, 0.25) is 12.2 Å². The maximum atomic E-state index is 11.2. The number of ether oxygens (including phenoxy) is 2. The molecule has 152 valence electrons. The number of aliphatic hydroxyl groups excluding tert-OH is 3. The number of fused-ring (bicyclic) bond motifs is 1. The first kappa shape index (κ1) is 20.1. The Labute approximate surface area is 159 Å². The second-order valence-corrected chi connectivity index (χ2v) is 6.61. The van der Waals surface area contributed by atoms with Crippen LogP contribution in [0.3, 0.4) is 0 Å². The number of hydrogen-bond donors (Lipinski definition) is 6. The van der Waals surface area contributed by atoms with E-state index in [9.17, 15) is 24.9 Å². The number of carbonyl (C=O) groups is 2. The molecule has 1 fully saturated rings. The van der Waals surface area contributed by atoms with Crippen molar-refractivity contribution in [2.24, 2.45) is 0 Å². The third kappa shape index (κ3) is 4.09. The maximum absolute atomic E-state index is 11.2. The van der Waals surface area contributed by atoms with Gasteiger partial charge in [0.15, 0.2) is 6.10 Å². The molecule has 10 heteroatoms. The average Bonchev–Trinajstić information content (AvgIpc) is 3.04. The van der Waals surface area contributed by atoms with Crippen LogP contribution in [0.15, 0.2) is 24.4 Å². The van der Waals surface area contributed by atoms with Gasteiger partial charge in [0.05, 0.1) is 0 Å². The Balaban J connectivity index is 1.77. The molecule has 10 nitrogen and oxygen atoms in total. The zero-order valence-corrected chi connectivity index (χ0v) is 15.0. The van der Waals surface area contributed by atoms with Crippen molar-refractivity contribution in [2.45, 2.75) is 44.1 Å². The lowest BCUT2D eigenvalue weighted by Gasteiger charge is -2.38. The van der Waals surface area contributed by atoms with Crippen LogP contribution in [-0.4, -0.2) is 74.5 Å². The summed E-state index contributed by atoms with van der Waals surface area (Å²) in [7, 11) is 0. The van der Waals surface area contributed by atoms with Crippen LogP contribution in [0, 0.1) is 0 Å². The third-order valence-corrected chi connectivity index (χ3v) is 4.57. The molecule has 1 aromatic heterocycles. The minimum absolute atomic E-state index is 0.124. The van der Waals surface area contributed by atoms with Gasteiger partial charge < -0.3 is 40.2 Å². The number of hydrogen-bond acceptors (Lipinski definition) is 7. The summed E-state index contributed by atoms with van der Waals surface area (Å²) in [5.74, 6) is -1.32. The highest BCUT2D eigenvalue weighted by atomic mass is 16.7. The molecule has 0 aliphatic carbocycles. The van der Waals surface area contributed by atoms with E-state index in [4.69, 9.17) is 14.6 Å². The van der Waals surface area contributed by atoms with Crippen LogP contribution in [0.25, 0.3) is 10.9 Å². The lowest BCUT2D eigenvalue weighted by molar-refractivity contribution is -0.271. The lowest BCUT2D eigenvalue weighted by atomic mass is 9.99. The number of aromatic nitrogens is 1. The maximum Gasteiger partial charge on any atom is 0.335 e. The van der Waals surface area contributed by atoms with Crippen molar-refractivity contribution >= 4 is 22.8 Å². The Hall–Kier alpha value is -2.66. The molecule has 2 aromatic rings. The molecule has 0 spiro atoms. The number of carboxylic acids is 1. The van der Waals surface area contributed by atoms with Crippen LogP contribution >= 0.6 is 0 Å². The van der Waals surface area contributed by atoms with Gasteiger partial charge in [-0.1, -0.05) is 0 Å². The van der Waals surface area contributed by atoms with Gasteiger partial charge in [0, 0.05) is 30.6 Å². The van der Waals surface area contributed by atoms with E-state index in [0.717, 1.165) is 16.5 Å². The van der Waals surface area contributed by atoms with E-state index >= 15 is 0 Å². The van der Waals surface area contributed by atoms with Crippen LogP contribution in [0.2, 0.25) is 0 Å². The monoisotopic (exact) mass is 394 g/mol. The molecular formula is C18H22N2O8. The fourth-order valence-corrected chi connectivity index (χ4v) is 3.09. The van der Waals surface area contributed by atoms with Gasteiger partial charge in [-0.15, -0.1) is 0 Å². The molecule has 0 bridgehead atoms. The standard InChI is InChI=1S/C18H22N2O8/c1-8(21)19-5-4-9-7-20-12-3-2-10(6-11(9)12)27-18-15(24)13(22)14(23)16(28-18)17(25)26/h2-3,6-7,13-16,18,20,22-24H,4-5H2,1H3,(H,19,21)(H,25,26). The molecule has 6 N–H and O–H groups in total. The van der Waals surface area contributed by atoms with Crippen molar-refractivity contribution in [2.75, 3.05) is 6.54 Å². The summed E-state index contributed by atoms with van der Waals surface area (Å²) >= 11 is 0. The summed E-state index contributed by atoms with van der Waals surface area (Å²) in [5.41, 5.74) is 1.76. The number of carbonyl (C=O) groups excluding carboxylic acids is 1. The van der Waals surface area contributed by atoms with Crippen LogP contribution in [-0.2, 0) is 20.7 Å². The first-order valence-electron chi connectivity index (χ1n) is 8.71. The second-order valence-electron chi connectivity index (χ2n) is 6.61. The molecule has 1 aliphatic heterocycles. The van der Waals surface area contributed by atoms with Gasteiger partial charge in [-0.3, -0.25) is 4.79 Å². The van der Waals surface area contributed by atoms with Crippen molar-refractivity contribution in [3.63, 3.8) is 0 Å². The van der Waals surface area contributed by atoms with Crippen molar-refractivity contribution in [3.05, 3.63) is 30.0 Å². The molecule has 3 rings (SSSR count). The van der Waals surface area contributed by atoms with E-state index in [1.807, 2.05) is 6.20 Å². The van der Waals surface area contributed by atoms with Crippen LogP contribution < -0.4 is 10.1 Å². The van der Waals surface area contributed by atoms with Crippen LogP contribution in [0.5, 0.6) is 5.75 Å². The molecule has 5 atom stereocenters. The molecule has 2 heterocycles. The highest BCUT2D eigenvalue weighted by molar-refractivity contribution is 5.84. The number of H-pyrrole nitrogens is 1. The topological polar surface area (TPSA) is 161 Å². The van der Waals surface area contributed by atoms with Gasteiger partial charge in [0.1, 0.15) is 24.1 Å². The number of nitrogens with one attached hydrogen (secondary N) is 2. The van der Waals surface area contributed by atoms with E-state index in [1.54, 1.807) is 18.2 Å². The molecule has 0 saturated carbocycles. The Bertz CT molecular complexity index is 866. The smallest absolute Gasteiger partial charge is 0.335 e. The van der Waals surface area contributed by atoms with E-state index in [0.29, 0.717) is 13.0 Å². The molecule has 5 unspecified atom stereocenters. The van der Waals surface area contributed by atoms with Crippen molar-refractivity contribution in [3.8, 4) is 5.75 Å². The summed E-state index contributed by atoms with van der Waals surface area (Å²) in [6, 6.07) is 5.01. The fourth-order valence-electron chi connectivity index (χ4n) is 3.09. The number of carboxylic acid groups (broad SMARTS) is 1. The molecular weight excluding hydrogens is 372 g/mol. The first-order chi connectivity index (χ1) is 13.3. The quantitative estimate of drug-likeness (QED) is 0.368.